The van der Waals surface area contributed by atoms with Gasteiger partial charge in [-0.1, -0.05) is 12.1 Å². The van der Waals surface area contributed by atoms with Crippen molar-refractivity contribution in [2.45, 2.75) is 55.8 Å². The lowest BCUT2D eigenvalue weighted by Gasteiger charge is -2.23. The molecule has 1 aromatic heterocycles. The molecule has 2 aromatic rings. The number of carbonyl (C=O) groups excluding carboxylic acids is 2. The maximum atomic E-state index is 13.6. The first-order chi connectivity index (χ1) is 14.6. The van der Waals surface area contributed by atoms with E-state index in [0.717, 1.165) is 6.42 Å². The monoisotopic (exact) mass is 428 g/mol. The Hall–Kier alpha value is -3.15. The Kier molecular flexibility index (Phi) is 4.10. The molecular weight excluding hydrogens is 409 g/mol. The summed E-state index contributed by atoms with van der Waals surface area (Å²) in [5.74, 6) is -0.660. The molecule has 0 spiro atoms. The summed E-state index contributed by atoms with van der Waals surface area (Å²) in [5, 5.41) is 9.66. The molecule has 160 valence electrons. The van der Waals surface area contributed by atoms with Gasteiger partial charge in [-0.2, -0.15) is 18.4 Å². The number of piperidine rings is 1. The van der Waals surface area contributed by atoms with Crippen LogP contribution in [0.2, 0.25) is 0 Å². The average molecular weight is 428 g/mol. The molecule has 2 N–H and O–H groups in total. The van der Waals surface area contributed by atoms with Gasteiger partial charge in [0.15, 0.2) is 0 Å². The highest BCUT2D eigenvalue weighted by atomic mass is 19.4. The second-order valence-electron chi connectivity index (χ2n) is 8.76. The first kappa shape index (κ1) is 19.8. The lowest BCUT2D eigenvalue weighted by Crippen LogP contribution is -2.38. The molecule has 0 unspecified atom stereocenters. The summed E-state index contributed by atoms with van der Waals surface area (Å²) >= 11 is 0. The molecule has 2 aliphatic carbocycles. The number of amides is 2. The molecule has 3 aliphatic rings. The first-order valence-corrected chi connectivity index (χ1v) is 10.2. The second-order valence-corrected chi connectivity index (χ2v) is 8.76. The van der Waals surface area contributed by atoms with E-state index in [4.69, 9.17) is 5.73 Å². The Balaban J connectivity index is 1.52. The van der Waals surface area contributed by atoms with E-state index < -0.39 is 23.5 Å². The number of rotatable bonds is 4. The third-order valence-corrected chi connectivity index (χ3v) is 6.85. The van der Waals surface area contributed by atoms with Crippen LogP contribution < -0.4 is 5.73 Å². The summed E-state index contributed by atoms with van der Waals surface area (Å²) in [5.41, 5.74) is 4.28. The van der Waals surface area contributed by atoms with E-state index in [2.05, 4.69) is 11.1 Å². The highest BCUT2D eigenvalue weighted by molar-refractivity contribution is 6.05. The predicted molar refractivity (Wildman–Crippen MR) is 104 cm³/mol. The van der Waals surface area contributed by atoms with Crippen LogP contribution in [-0.2, 0) is 16.6 Å². The molecule has 5 rings (SSSR count). The lowest BCUT2D eigenvalue weighted by molar-refractivity contribution is -0.160. The van der Waals surface area contributed by atoms with Crippen LogP contribution in [0, 0.1) is 17.2 Å². The summed E-state index contributed by atoms with van der Waals surface area (Å²) in [6.07, 6.45) is -2.96. The van der Waals surface area contributed by atoms with Gasteiger partial charge in [0.05, 0.1) is 34.7 Å². The minimum atomic E-state index is -4.37. The molecule has 2 saturated carbocycles. The smallest absolute Gasteiger partial charge is 0.366 e. The number of halogens is 3. The van der Waals surface area contributed by atoms with Crippen molar-refractivity contribution in [3.05, 3.63) is 41.1 Å². The number of primary amides is 1. The molecule has 0 radical (unpaired) electrons. The number of pyridine rings is 1. The summed E-state index contributed by atoms with van der Waals surface area (Å²) in [6, 6.07) is 7.33. The largest absolute Gasteiger partial charge is 0.398 e. The normalized spacial score (nSPS) is 25.7. The van der Waals surface area contributed by atoms with Crippen LogP contribution in [0.1, 0.15) is 47.3 Å². The van der Waals surface area contributed by atoms with Crippen molar-refractivity contribution < 1.29 is 22.8 Å². The Morgan fingerprint density at radius 2 is 2.00 bits per heavy atom. The number of likely N-dealkylation sites (tertiary alicyclic amines) is 1. The maximum absolute atomic E-state index is 13.6. The zero-order valence-corrected chi connectivity index (χ0v) is 16.4. The number of alkyl halides is 3. The van der Waals surface area contributed by atoms with E-state index in [9.17, 15) is 28.0 Å². The molecule has 6 nitrogen and oxygen atoms in total. The van der Waals surface area contributed by atoms with Gasteiger partial charge >= 0.3 is 6.18 Å². The number of carbonyl (C=O) groups is 2. The third kappa shape index (κ3) is 3.04. The fourth-order valence-electron chi connectivity index (χ4n) is 4.91. The number of hydrogen-bond acceptors (Lipinski definition) is 4. The summed E-state index contributed by atoms with van der Waals surface area (Å²) in [4.78, 5) is 30.9. The molecule has 1 saturated heterocycles. The molecule has 1 aromatic carbocycles. The molecule has 3 atom stereocenters. The van der Waals surface area contributed by atoms with E-state index in [1.165, 1.54) is 24.3 Å². The zero-order chi connectivity index (χ0) is 22.1. The molecule has 31 heavy (non-hydrogen) atoms. The van der Waals surface area contributed by atoms with Gasteiger partial charge in [-0.3, -0.25) is 14.6 Å². The van der Waals surface area contributed by atoms with Gasteiger partial charge in [0.1, 0.15) is 6.04 Å². The highest BCUT2D eigenvalue weighted by Crippen LogP contribution is 2.59. The number of fused-ring (bicyclic) bond motifs is 2. The molecule has 2 amide bonds. The average Bonchev–Trinajstić information content (AvgIpc) is 3.63. The fourth-order valence-corrected chi connectivity index (χ4v) is 4.91. The van der Waals surface area contributed by atoms with Crippen molar-refractivity contribution in [3.63, 3.8) is 0 Å². The quantitative estimate of drug-likeness (QED) is 0.809. The Morgan fingerprint density at radius 3 is 2.61 bits per heavy atom. The van der Waals surface area contributed by atoms with E-state index in [0.29, 0.717) is 17.7 Å². The van der Waals surface area contributed by atoms with Crippen molar-refractivity contribution in [2.24, 2.45) is 11.7 Å². The molecule has 1 aliphatic heterocycles. The first-order valence-electron chi connectivity index (χ1n) is 10.2. The van der Waals surface area contributed by atoms with E-state index in [1.54, 1.807) is 4.90 Å². The van der Waals surface area contributed by atoms with Crippen molar-refractivity contribution >= 4 is 22.7 Å². The molecule has 2 heterocycles. The number of nitriles is 1. The van der Waals surface area contributed by atoms with E-state index in [1.807, 2.05) is 0 Å². The van der Waals surface area contributed by atoms with Crippen LogP contribution in [0.25, 0.3) is 10.9 Å². The van der Waals surface area contributed by atoms with Gasteiger partial charge in [-0.05, 0) is 49.3 Å². The van der Waals surface area contributed by atoms with E-state index >= 15 is 0 Å². The zero-order valence-electron chi connectivity index (χ0n) is 16.4. The van der Waals surface area contributed by atoms with Gasteiger partial charge in [0, 0.05) is 11.4 Å². The summed E-state index contributed by atoms with van der Waals surface area (Å²) < 4.78 is 40.7. The van der Waals surface area contributed by atoms with Gasteiger partial charge < -0.3 is 10.6 Å². The van der Waals surface area contributed by atoms with Gasteiger partial charge in [-0.25, -0.2) is 0 Å². The maximum Gasteiger partial charge on any atom is 0.398 e. The van der Waals surface area contributed by atoms with Crippen molar-refractivity contribution in [1.29, 1.82) is 5.26 Å². The van der Waals surface area contributed by atoms with Crippen LogP contribution in [0.15, 0.2) is 24.3 Å². The second kappa shape index (κ2) is 6.42. The number of nitrogens with two attached hydrogens (primary N) is 1. The Morgan fingerprint density at radius 1 is 1.26 bits per heavy atom. The molecule has 3 fully saturated rings. The van der Waals surface area contributed by atoms with E-state index in [-0.39, 0.29) is 53.5 Å². The van der Waals surface area contributed by atoms with Crippen LogP contribution in [0.4, 0.5) is 13.2 Å². The summed E-state index contributed by atoms with van der Waals surface area (Å²) in [7, 11) is 0. The van der Waals surface area contributed by atoms with Crippen molar-refractivity contribution in [3.8, 4) is 6.07 Å². The predicted octanol–water partition coefficient (Wildman–Crippen LogP) is 2.98. The minimum Gasteiger partial charge on any atom is -0.366 e. The fraction of sp³-hybridized carbons (Fsp3) is 0.455. The van der Waals surface area contributed by atoms with Gasteiger partial charge in [0.2, 0.25) is 11.8 Å². The van der Waals surface area contributed by atoms with Crippen molar-refractivity contribution in [2.75, 3.05) is 0 Å². The molecular formula is C22H19F3N4O2. The Labute approximate surface area is 175 Å². The number of benzene rings is 1. The Bertz CT molecular complexity index is 1170. The van der Waals surface area contributed by atoms with Crippen LogP contribution in [0.5, 0.6) is 0 Å². The number of nitrogens with zero attached hydrogens (tertiary/aromatic N) is 3. The standard InChI is InChI=1S/C22H19F3N4O2/c23-22(24,25)21(3-4-21)12-1-2-15-16(20(27)31)8-13(28-17(15)7-12)9-19(30)29-14(10-26)5-11-6-18(11)29/h1-2,7-8,11,14,18H,3-6,9H2,(H2,27,31)/t11-,14+,18+/m1/s1. The van der Waals surface area contributed by atoms with Gasteiger partial charge in [-0.15, -0.1) is 0 Å². The highest BCUT2D eigenvalue weighted by Gasteiger charge is 2.64. The van der Waals surface area contributed by atoms with Crippen molar-refractivity contribution in [1.82, 2.24) is 9.88 Å². The minimum absolute atomic E-state index is 0.00984. The number of aromatic nitrogens is 1. The number of hydrogen-bond donors (Lipinski definition) is 1. The third-order valence-electron chi connectivity index (χ3n) is 6.85. The van der Waals surface area contributed by atoms with Crippen LogP contribution in [-0.4, -0.2) is 40.0 Å². The SMILES string of the molecule is N#C[C@@H]1C[C@@H]2C[C@@H]2N1C(=O)Cc1cc(C(N)=O)c2ccc(C3(C(F)(F)F)CC3)cc2n1. The molecule has 9 heteroatoms. The lowest BCUT2D eigenvalue weighted by atomic mass is 9.93. The van der Waals surface area contributed by atoms with Crippen LogP contribution in [0.3, 0.4) is 0 Å². The topological polar surface area (TPSA) is 100 Å². The summed E-state index contributed by atoms with van der Waals surface area (Å²) in [6.45, 7) is 0. The van der Waals surface area contributed by atoms with Crippen LogP contribution >= 0.6 is 0 Å². The molecule has 0 bridgehead atoms. The van der Waals surface area contributed by atoms with Gasteiger partial charge in [0.25, 0.3) is 0 Å².